The number of hydrogen-bond donors (Lipinski definition) is 1. The van der Waals surface area contributed by atoms with E-state index in [2.05, 4.69) is 24.3 Å². The number of rotatable bonds is 3. The molecule has 5 nitrogen and oxygen atoms in total. The molecule has 5 heteroatoms. The number of nitrogens with one attached hydrogen (secondary N) is 1. The fourth-order valence-electron chi connectivity index (χ4n) is 4.99. The Morgan fingerprint density at radius 1 is 1.32 bits per heavy atom. The van der Waals surface area contributed by atoms with Gasteiger partial charge in [0.2, 0.25) is 5.91 Å². The first-order chi connectivity index (χ1) is 11.9. The summed E-state index contributed by atoms with van der Waals surface area (Å²) in [6.07, 6.45) is 4.08. The molecule has 0 radical (unpaired) electrons. The van der Waals surface area contributed by atoms with Crippen LogP contribution in [0.4, 0.5) is 0 Å². The second kappa shape index (κ2) is 5.68. The summed E-state index contributed by atoms with van der Waals surface area (Å²) in [6.45, 7) is 6.41. The van der Waals surface area contributed by atoms with Gasteiger partial charge in [-0.1, -0.05) is 26.0 Å². The van der Waals surface area contributed by atoms with E-state index in [0.29, 0.717) is 40.4 Å². The number of hydrogen-bond acceptors (Lipinski definition) is 3. The minimum absolute atomic E-state index is 0.0894. The first-order valence-electron chi connectivity index (χ1n) is 9.16. The van der Waals surface area contributed by atoms with Crippen molar-refractivity contribution in [1.29, 1.82) is 0 Å². The molecular formula is C20H25N3O2. The number of amides is 1. The van der Waals surface area contributed by atoms with Gasteiger partial charge in [0.05, 0.1) is 10.9 Å². The van der Waals surface area contributed by atoms with Gasteiger partial charge in [-0.25, -0.2) is 9.66 Å². The van der Waals surface area contributed by atoms with Crippen LogP contribution in [0.15, 0.2) is 29.1 Å². The van der Waals surface area contributed by atoms with Crippen LogP contribution in [0.1, 0.15) is 45.4 Å². The summed E-state index contributed by atoms with van der Waals surface area (Å²) in [5.41, 5.74) is 3.59. The summed E-state index contributed by atoms with van der Waals surface area (Å²) in [7, 11) is 0. The lowest BCUT2D eigenvalue weighted by Crippen LogP contribution is -2.53. The molecule has 0 spiro atoms. The van der Waals surface area contributed by atoms with Crippen LogP contribution >= 0.6 is 0 Å². The zero-order chi connectivity index (χ0) is 17.8. The monoisotopic (exact) mass is 339 g/mol. The maximum absolute atomic E-state index is 12.7. The topological polar surface area (TPSA) is 64.0 Å². The van der Waals surface area contributed by atoms with E-state index in [4.69, 9.17) is 0 Å². The third kappa shape index (κ3) is 2.57. The summed E-state index contributed by atoms with van der Waals surface area (Å²) in [4.78, 5) is 29.7. The number of fused-ring (bicyclic) bond motifs is 3. The van der Waals surface area contributed by atoms with Crippen molar-refractivity contribution in [1.82, 2.24) is 9.66 Å². The van der Waals surface area contributed by atoms with Crippen LogP contribution in [0.3, 0.4) is 0 Å². The zero-order valence-electron chi connectivity index (χ0n) is 15.1. The van der Waals surface area contributed by atoms with Crippen molar-refractivity contribution in [2.24, 2.45) is 23.2 Å². The number of para-hydroxylation sites is 1. The van der Waals surface area contributed by atoms with E-state index in [1.165, 1.54) is 17.5 Å². The molecule has 1 heterocycles. The smallest absolute Gasteiger partial charge is 0.273 e. The average molecular weight is 339 g/mol. The van der Waals surface area contributed by atoms with E-state index in [9.17, 15) is 9.59 Å². The molecule has 2 aromatic rings. The van der Waals surface area contributed by atoms with E-state index in [1.54, 1.807) is 13.0 Å². The molecule has 1 aromatic heterocycles. The van der Waals surface area contributed by atoms with Crippen molar-refractivity contribution in [3.05, 3.63) is 40.4 Å². The SMILES string of the molecule is Cc1nc2ccccc2c(=O)n1NC(=O)C[C@@H]1CC[C@H]2C[C@H]1C2(C)C. The number of benzene rings is 1. The highest BCUT2D eigenvalue weighted by molar-refractivity contribution is 5.85. The lowest BCUT2D eigenvalue weighted by Gasteiger charge is -2.60. The molecule has 25 heavy (non-hydrogen) atoms. The van der Waals surface area contributed by atoms with Gasteiger partial charge < -0.3 is 0 Å². The molecule has 132 valence electrons. The molecule has 0 saturated heterocycles. The van der Waals surface area contributed by atoms with Gasteiger partial charge >= 0.3 is 0 Å². The summed E-state index contributed by atoms with van der Waals surface area (Å²) in [5, 5.41) is 0.522. The molecular weight excluding hydrogens is 314 g/mol. The van der Waals surface area contributed by atoms with Crippen LogP contribution in [-0.2, 0) is 4.79 Å². The van der Waals surface area contributed by atoms with Crippen LogP contribution in [-0.4, -0.2) is 15.6 Å². The minimum atomic E-state index is -0.218. The Balaban J connectivity index is 1.53. The molecule has 1 N–H and O–H groups in total. The molecule has 0 aliphatic heterocycles. The standard InChI is InChI=1S/C20H25N3O2/c1-12-21-17-7-5-4-6-15(17)19(25)23(12)22-18(24)10-13-8-9-14-11-16(13)20(14,2)3/h4-7,13-14,16H,8-11H2,1-3H3,(H,22,24)/t13-,14-,16+/m0/s1. The van der Waals surface area contributed by atoms with E-state index in [0.717, 1.165) is 12.3 Å². The molecule has 3 saturated carbocycles. The fourth-order valence-corrected chi connectivity index (χ4v) is 4.99. The van der Waals surface area contributed by atoms with Crippen molar-refractivity contribution in [3.63, 3.8) is 0 Å². The van der Waals surface area contributed by atoms with Crippen molar-refractivity contribution in [2.75, 3.05) is 5.43 Å². The number of aromatic nitrogens is 2. The van der Waals surface area contributed by atoms with Crippen LogP contribution < -0.4 is 11.0 Å². The molecule has 3 fully saturated rings. The largest absolute Gasteiger partial charge is 0.280 e. The summed E-state index contributed by atoms with van der Waals surface area (Å²) < 4.78 is 1.29. The van der Waals surface area contributed by atoms with Gasteiger partial charge in [-0.3, -0.25) is 15.0 Å². The third-order valence-corrected chi connectivity index (χ3v) is 6.63. The van der Waals surface area contributed by atoms with Gasteiger partial charge in [0, 0.05) is 6.42 Å². The average Bonchev–Trinajstić information content (AvgIpc) is 2.58. The Morgan fingerprint density at radius 3 is 2.80 bits per heavy atom. The lowest BCUT2D eigenvalue weighted by molar-refractivity contribution is -0.129. The van der Waals surface area contributed by atoms with Gasteiger partial charge in [0.15, 0.2) is 0 Å². The van der Waals surface area contributed by atoms with E-state index >= 15 is 0 Å². The Labute approximate surface area is 147 Å². The molecule has 2 bridgehead atoms. The maximum Gasteiger partial charge on any atom is 0.280 e. The van der Waals surface area contributed by atoms with Gasteiger partial charge in [0.1, 0.15) is 5.82 Å². The number of nitrogens with zero attached hydrogens (tertiary/aromatic N) is 2. The zero-order valence-corrected chi connectivity index (χ0v) is 15.1. The predicted molar refractivity (Wildman–Crippen MR) is 97.8 cm³/mol. The molecule has 3 aliphatic carbocycles. The highest BCUT2D eigenvalue weighted by Gasteiger charge is 2.54. The minimum Gasteiger partial charge on any atom is -0.273 e. The Hall–Kier alpha value is -2.17. The Kier molecular flexibility index (Phi) is 3.71. The third-order valence-electron chi connectivity index (χ3n) is 6.63. The molecule has 3 aliphatic rings. The summed E-state index contributed by atoms with van der Waals surface area (Å²) in [6, 6.07) is 7.22. The molecule has 3 atom stereocenters. The first-order valence-corrected chi connectivity index (χ1v) is 9.16. The predicted octanol–water partition coefficient (Wildman–Crippen LogP) is 3.24. The van der Waals surface area contributed by atoms with Crippen molar-refractivity contribution >= 4 is 16.8 Å². The fraction of sp³-hybridized carbons (Fsp3) is 0.550. The summed E-state index contributed by atoms with van der Waals surface area (Å²) >= 11 is 0. The second-order valence-corrected chi connectivity index (χ2v) is 8.25. The normalized spacial score (nSPS) is 26.9. The van der Waals surface area contributed by atoms with E-state index in [-0.39, 0.29) is 11.5 Å². The van der Waals surface area contributed by atoms with Crippen LogP contribution in [0.2, 0.25) is 0 Å². The second-order valence-electron chi connectivity index (χ2n) is 8.25. The van der Waals surface area contributed by atoms with Gasteiger partial charge in [0.25, 0.3) is 5.56 Å². The number of aryl methyl sites for hydroxylation is 1. The molecule has 1 amide bonds. The molecule has 5 rings (SSSR count). The van der Waals surface area contributed by atoms with E-state index in [1.807, 2.05) is 18.2 Å². The van der Waals surface area contributed by atoms with Crippen LogP contribution in [0.25, 0.3) is 10.9 Å². The first kappa shape index (κ1) is 16.3. The van der Waals surface area contributed by atoms with Crippen molar-refractivity contribution < 1.29 is 4.79 Å². The number of carbonyl (C=O) groups excluding carboxylic acids is 1. The van der Waals surface area contributed by atoms with Gasteiger partial charge in [-0.05, 0) is 61.5 Å². The quantitative estimate of drug-likeness (QED) is 0.934. The highest BCUT2D eigenvalue weighted by atomic mass is 16.2. The maximum atomic E-state index is 12.7. The molecule has 1 aromatic carbocycles. The van der Waals surface area contributed by atoms with Gasteiger partial charge in [-0.2, -0.15) is 0 Å². The highest BCUT2D eigenvalue weighted by Crippen LogP contribution is 2.61. The van der Waals surface area contributed by atoms with Gasteiger partial charge in [-0.15, -0.1) is 0 Å². The number of carbonyl (C=O) groups is 1. The van der Waals surface area contributed by atoms with Crippen LogP contribution in [0, 0.1) is 30.1 Å². The summed E-state index contributed by atoms with van der Waals surface area (Å²) in [5.74, 6) is 2.29. The van der Waals surface area contributed by atoms with E-state index < -0.39 is 0 Å². The van der Waals surface area contributed by atoms with Crippen LogP contribution in [0.5, 0.6) is 0 Å². The van der Waals surface area contributed by atoms with Crippen molar-refractivity contribution in [3.8, 4) is 0 Å². The Morgan fingerprint density at radius 2 is 2.08 bits per heavy atom. The molecule has 0 unspecified atom stereocenters. The van der Waals surface area contributed by atoms with Crippen molar-refractivity contribution in [2.45, 2.75) is 46.5 Å². The Bertz CT molecular complexity index is 897. The lowest BCUT2D eigenvalue weighted by atomic mass is 9.45.